The molecule has 5 heteroatoms. The molecule has 3 N–H and O–H groups in total. The standard InChI is InChI=1S/C15H21N3O2/c1-11(15(19)17-7-8-20-2)18-10-12-3-4-13-5-6-16-14(13)9-12/h3-6,9,11,16,18H,7-8,10H2,1-2H3,(H,17,19). The van der Waals surface area contributed by atoms with Crippen molar-refractivity contribution in [3.63, 3.8) is 0 Å². The number of carbonyl (C=O) groups is 1. The minimum absolute atomic E-state index is 0.0111. The first-order chi connectivity index (χ1) is 9.70. The van der Waals surface area contributed by atoms with Crippen LogP contribution in [-0.2, 0) is 16.1 Å². The summed E-state index contributed by atoms with van der Waals surface area (Å²) in [6, 6.07) is 8.05. The number of benzene rings is 1. The van der Waals surface area contributed by atoms with Crippen LogP contribution in [0.25, 0.3) is 10.9 Å². The Morgan fingerprint density at radius 1 is 1.40 bits per heavy atom. The van der Waals surface area contributed by atoms with Gasteiger partial charge in [-0.3, -0.25) is 4.79 Å². The molecule has 0 aliphatic rings. The van der Waals surface area contributed by atoms with Crippen LogP contribution >= 0.6 is 0 Å². The monoisotopic (exact) mass is 275 g/mol. The SMILES string of the molecule is COCCNC(=O)C(C)NCc1ccc2cc[nH]c2c1. The molecule has 0 fully saturated rings. The van der Waals surface area contributed by atoms with Gasteiger partial charge in [-0.05, 0) is 30.0 Å². The van der Waals surface area contributed by atoms with Crippen LogP contribution in [0.4, 0.5) is 0 Å². The van der Waals surface area contributed by atoms with Gasteiger partial charge in [0.15, 0.2) is 0 Å². The van der Waals surface area contributed by atoms with Gasteiger partial charge in [0.2, 0.25) is 5.91 Å². The maximum Gasteiger partial charge on any atom is 0.236 e. The van der Waals surface area contributed by atoms with Gasteiger partial charge in [-0.1, -0.05) is 12.1 Å². The fourth-order valence-electron chi connectivity index (χ4n) is 2.00. The normalized spacial score (nSPS) is 12.5. The molecule has 0 aliphatic heterocycles. The van der Waals surface area contributed by atoms with Crippen LogP contribution in [0.2, 0.25) is 0 Å². The molecule has 0 saturated heterocycles. The maximum absolute atomic E-state index is 11.8. The molecule has 2 rings (SSSR count). The molecule has 1 heterocycles. The molecule has 1 aromatic heterocycles. The molecule has 0 aliphatic carbocycles. The van der Waals surface area contributed by atoms with Gasteiger partial charge < -0.3 is 20.4 Å². The minimum atomic E-state index is -0.230. The fourth-order valence-corrected chi connectivity index (χ4v) is 2.00. The van der Waals surface area contributed by atoms with Gasteiger partial charge in [-0.15, -0.1) is 0 Å². The second kappa shape index (κ2) is 7.07. The third kappa shape index (κ3) is 3.82. The average molecular weight is 275 g/mol. The van der Waals surface area contributed by atoms with E-state index in [4.69, 9.17) is 4.74 Å². The first-order valence-corrected chi connectivity index (χ1v) is 6.77. The number of carbonyl (C=O) groups excluding carboxylic acids is 1. The number of fused-ring (bicyclic) bond motifs is 1. The molecule has 0 bridgehead atoms. The van der Waals surface area contributed by atoms with Crippen molar-refractivity contribution in [3.05, 3.63) is 36.0 Å². The number of amides is 1. The summed E-state index contributed by atoms with van der Waals surface area (Å²) in [4.78, 5) is 15.0. The zero-order chi connectivity index (χ0) is 14.4. The molecule has 5 nitrogen and oxygen atoms in total. The first kappa shape index (κ1) is 14.6. The molecule has 0 spiro atoms. The zero-order valence-corrected chi connectivity index (χ0v) is 11.9. The van der Waals surface area contributed by atoms with Crippen LogP contribution in [0.1, 0.15) is 12.5 Å². The fraction of sp³-hybridized carbons (Fsp3) is 0.400. The van der Waals surface area contributed by atoms with E-state index in [2.05, 4.69) is 33.8 Å². The summed E-state index contributed by atoms with van der Waals surface area (Å²) in [5, 5.41) is 7.22. The third-order valence-electron chi connectivity index (χ3n) is 3.23. The largest absolute Gasteiger partial charge is 0.383 e. The highest BCUT2D eigenvalue weighted by atomic mass is 16.5. The van der Waals surface area contributed by atoms with Crippen LogP contribution in [0.15, 0.2) is 30.5 Å². The summed E-state index contributed by atoms with van der Waals surface area (Å²) >= 11 is 0. The van der Waals surface area contributed by atoms with E-state index in [-0.39, 0.29) is 11.9 Å². The Labute approximate surface area is 118 Å². The van der Waals surface area contributed by atoms with Gasteiger partial charge in [0.25, 0.3) is 0 Å². The van der Waals surface area contributed by atoms with Gasteiger partial charge in [0.1, 0.15) is 0 Å². The van der Waals surface area contributed by atoms with Gasteiger partial charge in [0, 0.05) is 31.9 Å². The molecule has 0 saturated carbocycles. The first-order valence-electron chi connectivity index (χ1n) is 6.77. The van der Waals surface area contributed by atoms with E-state index in [9.17, 15) is 4.79 Å². The smallest absolute Gasteiger partial charge is 0.236 e. The van der Waals surface area contributed by atoms with E-state index < -0.39 is 0 Å². The lowest BCUT2D eigenvalue weighted by Gasteiger charge is -2.14. The highest BCUT2D eigenvalue weighted by molar-refractivity contribution is 5.81. The van der Waals surface area contributed by atoms with E-state index in [0.29, 0.717) is 19.7 Å². The molecule has 20 heavy (non-hydrogen) atoms. The Balaban J connectivity index is 1.82. The van der Waals surface area contributed by atoms with Gasteiger partial charge >= 0.3 is 0 Å². The molecule has 1 aromatic carbocycles. The summed E-state index contributed by atoms with van der Waals surface area (Å²) in [6.45, 7) is 3.58. The van der Waals surface area contributed by atoms with Crippen LogP contribution in [0.5, 0.6) is 0 Å². The topological polar surface area (TPSA) is 66.2 Å². The second-order valence-electron chi connectivity index (χ2n) is 4.79. The number of hydrogen-bond acceptors (Lipinski definition) is 3. The lowest BCUT2D eigenvalue weighted by Crippen LogP contribution is -2.42. The Morgan fingerprint density at radius 2 is 2.25 bits per heavy atom. The Bertz CT molecular complexity index is 565. The van der Waals surface area contributed by atoms with Crippen molar-refractivity contribution in [2.24, 2.45) is 0 Å². The summed E-state index contributed by atoms with van der Waals surface area (Å²) in [5.74, 6) is -0.0111. The number of rotatable bonds is 7. The number of hydrogen-bond donors (Lipinski definition) is 3. The number of aromatic amines is 1. The second-order valence-corrected chi connectivity index (χ2v) is 4.79. The van der Waals surface area contributed by atoms with Crippen molar-refractivity contribution in [1.82, 2.24) is 15.6 Å². The summed E-state index contributed by atoms with van der Waals surface area (Å²) < 4.78 is 4.90. The van der Waals surface area contributed by atoms with Crippen LogP contribution in [-0.4, -0.2) is 37.2 Å². The number of ether oxygens (including phenoxy) is 1. The average Bonchev–Trinajstić information content (AvgIpc) is 2.92. The molecule has 1 atom stereocenters. The molecule has 1 amide bonds. The van der Waals surface area contributed by atoms with E-state index in [0.717, 1.165) is 11.1 Å². The highest BCUT2D eigenvalue weighted by Gasteiger charge is 2.11. The van der Waals surface area contributed by atoms with Crippen LogP contribution in [0.3, 0.4) is 0 Å². The Morgan fingerprint density at radius 3 is 3.05 bits per heavy atom. The highest BCUT2D eigenvalue weighted by Crippen LogP contribution is 2.13. The molecular weight excluding hydrogens is 254 g/mol. The zero-order valence-electron chi connectivity index (χ0n) is 11.9. The van der Waals surface area contributed by atoms with Crippen LogP contribution < -0.4 is 10.6 Å². The lowest BCUT2D eigenvalue weighted by atomic mass is 10.1. The maximum atomic E-state index is 11.8. The Hall–Kier alpha value is -1.85. The van der Waals surface area contributed by atoms with Gasteiger partial charge in [0.05, 0.1) is 12.6 Å². The van der Waals surface area contributed by atoms with Crippen molar-refractivity contribution in [3.8, 4) is 0 Å². The van der Waals surface area contributed by atoms with E-state index in [1.807, 2.05) is 19.2 Å². The minimum Gasteiger partial charge on any atom is -0.383 e. The molecule has 108 valence electrons. The number of nitrogens with one attached hydrogen (secondary N) is 3. The van der Waals surface area contributed by atoms with Gasteiger partial charge in [-0.2, -0.15) is 0 Å². The van der Waals surface area contributed by atoms with Crippen molar-refractivity contribution in [2.75, 3.05) is 20.3 Å². The molecule has 2 aromatic rings. The predicted octanol–water partition coefficient (Wildman–Crippen LogP) is 1.41. The molecule has 1 unspecified atom stereocenters. The van der Waals surface area contributed by atoms with E-state index in [1.165, 1.54) is 5.39 Å². The van der Waals surface area contributed by atoms with Gasteiger partial charge in [-0.25, -0.2) is 0 Å². The van der Waals surface area contributed by atoms with E-state index in [1.54, 1.807) is 7.11 Å². The molecular formula is C15H21N3O2. The van der Waals surface area contributed by atoms with Crippen molar-refractivity contribution >= 4 is 16.8 Å². The van der Waals surface area contributed by atoms with Crippen molar-refractivity contribution < 1.29 is 9.53 Å². The Kier molecular flexibility index (Phi) is 5.15. The number of H-pyrrole nitrogens is 1. The number of aromatic nitrogens is 1. The van der Waals surface area contributed by atoms with Crippen LogP contribution in [0, 0.1) is 0 Å². The van der Waals surface area contributed by atoms with Crippen molar-refractivity contribution in [1.29, 1.82) is 0 Å². The number of methoxy groups -OCH3 is 1. The van der Waals surface area contributed by atoms with E-state index >= 15 is 0 Å². The third-order valence-corrected chi connectivity index (χ3v) is 3.23. The molecule has 0 radical (unpaired) electrons. The summed E-state index contributed by atoms with van der Waals surface area (Å²) in [5.41, 5.74) is 2.26. The van der Waals surface area contributed by atoms with Crippen molar-refractivity contribution in [2.45, 2.75) is 19.5 Å². The lowest BCUT2D eigenvalue weighted by molar-refractivity contribution is -0.122. The quantitative estimate of drug-likeness (QED) is 0.669. The summed E-state index contributed by atoms with van der Waals surface area (Å²) in [6.07, 6.45) is 1.92. The predicted molar refractivity (Wildman–Crippen MR) is 79.5 cm³/mol. The summed E-state index contributed by atoms with van der Waals surface area (Å²) in [7, 11) is 1.62.